The van der Waals surface area contributed by atoms with Crippen LogP contribution < -0.4 is 10.7 Å². The Morgan fingerprint density at radius 1 is 1.20 bits per heavy atom. The minimum Gasteiger partial charge on any atom is -0.465 e. The molecular weight excluding hydrogens is 400 g/mol. The fourth-order valence-corrected chi connectivity index (χ4v) is 5.06. The van der Waals surface area contributed by atoms with Crippen molar-refractivity contribution in [1.29, 1.82) is 0 Å². The molecule has 0 saturated carbocycles. The monoisotopic (exact) mass is 418 g/mol. The van der Waals surface area contributed by atoms with Gasteiger partial charge in [-0.1, -0.05) is 12.1 Å². The molecule has 0 radical (unpaired) electrons. The van der Waals surface area contributed by atoms with Crippen LogP contribution in [0.3, 0.4) is 0 Å². The second kappa shape index (κ2) is 6.81. The van der Waals surface area contributed by atoms with Gasteiger partial charge in [-0.2, -0.15) is 0 Å². The second-order valence-corrected chi connectivity index (χ2v) is 8.54. The molecule has 7 heteroatoms. The number of fused-ring (bicyclic) bond motifs is 1. The lowest BCUT2D eigenvalue weighted by Gasteiger charge is -2.12. The summed E-state index contributed by atoms with van der Waals surface area (Å²) < 4.78 is 7.70. The van der Waals surface area contributed by atoms with Gasteiger partial charge in [0.15, 0.2) is 0 Å². The summed E-state index contributed by atoms with van der Waals surface area (Å²) in [5, 5.41) is 4.22. The van der Waals surface area contributed by atoms with Crippen LogP contribution in [0.4, 0.5) is 5.69 Å². The minimum atomic E-state index is -0.446. The number of aromatic nitrogens is 1. The van der Waals surface area contributed by atoms with Crippen molar-refractivity contribution in [3.05, 3.63) is 74.9 Å². The van der Waals surface area contributed by atoms with E-state index in [0.717, 1.165) is 27.6 Å². The van der Waals surface area contributed by atoms with E-state index in [-0.39, 0.29) is 17.0 Å². The number of rotatable bonds is 3. The maximum Gasteiger partial charge on any atom is 0.348 e. The van der Waals surface area contributed by atoms with Crippen LogP contribution in [0.15, 0.2) is 53.5 Å². The number of hydrogen-bond acceptors (Lipinski definition) is 5. The Kier molecular flexibility index (Phi) is 4.22. The molecular formula is C23H18N2O4S. The zero-order valence-corrected chi connectivity index (χ0v) is 17.2. The number of pyridine rings is 1. The van der Waals surface area contributed by atoms with Gasteiger partial charge in [-0.25, -0.2) is 4.79 Å². The van der Waals surface area contributed by atoms with Gasteiger partial charge in [-0.3, -0.25) is 9.59 Å². The molecule has 0 spiro atoms. The van der Waals surface area contributed by atoms with Gasteiger partial charge < -0.3 is 14.6 Å². The zero-order chi connectivity index (χ0) is 21.0. The number of methoxy groups -OCH3 is 1. The average molecular weight is 418 g/mol. The van der Waals surface area contributed by atoms with Crippen LogP contribution in [0, 0.1) is 0 Å². The first kappa shape index (κ1) is 18.6. The number of para-hydroxylation sites is 1. The normalized spacial score (nSPS) is 14.9. The number of nitrogens with one attached hydrogen (secondary N) is 1. The van der Waals surface area contributed by atoms with Crippen LogP contribution >= 0.6 is 11.3 Å². The molecule has 1 aliphatic heterocycles. The van der Waals surface area contributed by atoms with Gasteiger partial charge in [0, 0.05) is 28.0 Å². The van der Waals surface area contributed by atoms with Gasteiger partial charge in [0.05, 0.1) is 12.6 Å². The number of anilines is 1. The lowest BCUT2D eigenvalue weighted by Crippen LogP contribution is -2.23. The summed E-state index contributed by atoms with van der Waals surface area (Å²) in [4.78, 5) is 38.2. The molecule has 1 N–H and O–H groups in total. The van der Waals surface area contributed by atoms with E-state index in [4.69, 9.17) is 4.74 Å². The highest BCUT2D eigenvalue weighted by molar-refractivity contribution is 7.20. The Balaban J connectivity index is 1.52. The lowest BCUT2D eigenvalue weighted by molar-refractivity contribution is 0.0606. The molecule has 4 aromatic rings. The van der Waals surface area contributed by atoms with Crippen LogP contribution in [-0.2, 0) is 11.2 Å². The fourth-order valence-electron chi connectivity index (χ4n) is 4.10. The van der Waals surface area contributed by atoms with Gasteiger partial charge in [-0.15, -0.1) is 11.3 Å². The first-order valence-electron chi connectivity index (χ1n) is 9.56. The average Bonchev–Trinajstić information content (AvgIpc) is 3.30. The smallest absolute Gasteiger partial charge is 0.348 e. The van der Waals surface area contributed by atoms with E-state index in [1.54, 1.807) is 30.5 Å². The number of amides is 1. The predicted molar refractivity (Wildman–Crippen MR) is 118 cm³/mol. The molecule has 1 amide bonds. The molecule has 5 rings (SSSR count). The summed E-state index contributed by atoms with van der Waals surface area (Å²) in [6, 6.07) is 13.0. The maximum atomic E-state index is 13.0. The molecule has 0 unspecified atom stereocenters. The number of carbonyl (C=O) groups excluding carboxylic acids is 2. The van der Waals surface area contributed by atoms with E-state index in [9.17, 15) is 14.4 Å². The molecule has 0 bridgehead atoms. The molecule has 30 heavy (non-hydrogen) atoms. The number of thiophene rings is 1. The van der Waals surface area contributed by atoms with E-state index < -0.39 is 11.9 Å². The van der Waals surface area contributed by atoms with Gasteiger partial charge >= 0.3 is 5.97 Å². The summed E-state index contributed by atoms with van der Waals surface area (Å²) in [6.45, 7) is 2.08. The summed E-state index contributed by atoms with van der Waals surface area (Å²) in [6.07, 6.45) is 2.51. The van der Waals surface area contributed by atoms with Crippen molar-refractivity contribution in [2.45, 2.75) is 19.4 Å². The van der Waals surface area contributed by atoms with Gasteiger partial charge in [0.1, 0.15) is 10.4 Å². The maximum absolute atomic E-state index is 13.0. The number of nitrogens with zero attached hydrogens (tertiary/aromatic N) is 1. The Hall–Kier alpha value is -3.45. The summed E-state index contributed by atoms with van der Waals surface area (Å²) in [5.41, 5.74) is 2.47. The zero-order valence-electron chi connectivity index (χ0n) is 16.4. The third-order valence-electron chi connectivity index (χ3n) is 5.53. The minimum absolute atomic E-state index is 0.120. The van der Waals surface area contributed by atoms with Crippen molar-refractivity contribution in [3.8, 4) is 0 Å². The molecule has 0 saturated heterocycles. The van der Waals surface area contributed by atoms with E-state index in [1.807, 2.05) is 22.8 Å². The molecule has 1 atom stereocenters. The first-order chi connectivity index (χ1) is 14.5. The van der Waals surface area contributed by atoms with Gasteiger partial charge in [-0.05, 0) is 54.6 Å². The molecule has 2 aromatic carbocycles. The van der Waals surface area contributed by atoms with Gasteiger partial charge in [0.2, 0.25) is 5.43 Å². The third-order valence-corrected chi connectivity index (χ3v) is 6.63. The number of ether oxygens (including phenoxy) is 1. The SMILES string of the molecule is COC(=O)c1cc2cc(NC(=O)c3cn4c5c(cccc5c3=O)C[C@H]4C)ccc2s1. The highest BCUT2D eigenvalue weighted by Crippen LogP contribution is 2.31. The summed E-state index contributed by atoms with van der Waals surface area (Å²) in [7, 11) is 1.34. The van der Waals surface area contributed by atoms with Crippen molar-refractivity contribution >= 4 is 49.9 Å². The number of hydrogen-bond donors (Lipinski definition) is 1. The summed E-state index contributed by atoms with van der Waals surface area (Å²) in [5.74, 6) is -0.838. The molecule has 6 nitrogen and oxygen atoms in total. The van der Waals surface area contributed by atoms with Crippen molar-refractivity contribution < 1.29 is 14.3 Å². The largest absolute Gasteiger partial charge is 0.465 e. The van der Waals surface area contributed by atoms with Crippen molar-refractivity contribution in [3.63, 3.8) is 0 Å². The molecule has 150 valence electrons. The quantitative estimate of drug-likeness (QED) is 0.501. The summed E-state index contributed by atoms with van der Waals surface area (Å²) >= 11 is 1.33. The highest BCUT2D eigenvalue weighted by atomic mass is 32.1. The Morgan fingerprint density at radius 2 is 2.03 bits per heavy atom. The van der Waals surface area contributed by atoms with Crippen LogP contribution in [0.2, 0.25) is 0 Å². The number of esters is 1. The Bertz CT molecular complexity index is 1420. The fraction of sp³-hybridized carbons (Fsp3) is 0.174. The van der Waals surface area contributed by atoms with Crippen LogP contribution in [0.5, 0.6) is 0 Å². The van der Waals surface area contributed by atoms with Crippen LogP contribution in [-0.4, -0.2) is 23.6 Å². The van der Waals surface area contributed by atoms with Crippen molar-refractivity contribution in [2.24, 2.45) is 0 Å². The van der Waals surface area contributed by atoms with Gasteiger partial charge in [0.25, 0.3) is 5.91 Å². The van der Waals surface area contributed by atoms with Crippen molar-refractivity contribution in [2.75, 3.05) is 12.4 Å². The van der Waals surface area contributed by atoms with Crippen molar-refractivity contribution in [1.82, 2.24) is 4.57 Å². The molecule has 0 fully saturated rings. The Labute approximate surface area is 175 Å². The van der Waals surface area contributed by atoms with Crippen LogP contribution in [0.1, 0.15) is 38.6 Å². The van der Waals surface area contributed by atoms with E-state index >= 15 is 0 Å². The standard InChI is InChI=1S/C23H18N2O4S/c1-12-8-13-4-3-5-16-20(13)25(12)11-17(21(16)26)22(27)24-15-6-7-18-14(9-15)10-19(30-18)23(28)29-2/h3-7,9-12H,8H2,1-2H3,(H,24,27)/t12-/m1/s1. The molecule has 1 aliphatic rings. The highest BCUT2D eigenvalue weighted by Gasteiger charge is 2.24. The first-order valence-corrected chi connectivity index (χ1v) is 10.4. The Morgan fingerprint density at radius 3 is 2.83 bits per heavy atom. The van der Waals surface area contributed by atoms with Crippen LogP contribution in [0.25, 0.3) is 21.0 Å². The molecule has 3 heterocycles. The topological polar surface area (TPSA) is 77.4 Å². The van der Waals surface area contributed by atoms with E-state index in [1.165, 1.54) is 18.4 Å². The molecule has 0 aliphatic carbocycles. The second-order valence-electron chi connectivity index (χ2n) is 7.45. The predicted octanol–water partition coefficient (Wildman–Crippen LogP) is 4.37. The van der Waals surface area contributed by atoms with E-state index in [2.05, 4.69) is 12.2 Å². The third kappa shape index (κ3) is 2.81. The molecule has 2 aromatic heterocycles. The lowest BCUT2D eigenvalue weighted by atomic mass is 10.1. The number of benzene rings is 2. The van der Waals surface area contributed by atoms with E-state index in [0.29, 0.717) is 16.0 Å². The number of carbonyl (C=O) groups is 2.